The monoisotopic (exact) mass is 315 g/mol. The quantitative estimate of drug-likeness (QED) is 0.895. The lowest BCUT2D eigenvalue weighted by molar-refractivity contribution is -0.117. The maximum atomic E-state index is 12.2. The van der Waals surface area contributed by atoms with Gasteiger partial charge < -0.3 is 15.5 Å². The number of carbonyl (C=O) groups is 2. The van der Waals surface area contributed by atoms with Crippen molar-refractivity contribution >= 4 is 23.3 Å². The van der Waals surface area contributed by atoms with E-state index in [0.29, 0.717) is 6.42 Å². The first kappa shape index (κ1) is 15.8. The van der Waals surface area contributed by atoms with E-state index in [9.17, 15) is 9.59 Å². The summed E-state index contributed by atoms with van der Waals surface area (Å²) in [6.45, 7) is 2.75. The lowest BCUT2D eigenvalue weighted by Crippen LogP contribution is -2.39. The summed E-state index contributed by atoms with van der Waals surface area (Å²) >= 11 is 0. The number of aryl methyl sites for hydroxylation is 1. The van der Waals surface area contributed by atoms with Crippen molar-refractivity contribution in [3.8, 4) is 0 Å². The van der Waals surface area contributed by atoms with Gasteiger partial charge in [-0.25, -0.2) is 4.79 Å². The third kappa shape index (κ3) is 3.84. The Morgan fingerprint density at radius 3 is 2.65 bits per heavy atom. The summed E-state index contributed by atoms with van der Waals surface area (Å²) in [6, 6.07) is 5.88. The van der Waals surface area contributed by atoms with Crippen LogP contribution in [0.1, 0.15) is 50.5 Å². The Bertz CT molecular complexity index is 594. The van der Waals surface area contributed by atoms with E-state index in [1.807, 2.05) is 30.0 Å². The first-order chi connectivity index (χ1) is 11.1. The Hall–Kier alpha value is -2.04. The number of nitrogens with zero attached hydrogens (tertiary/aromatic N) is 1. The zero-order chi connectivity index (χ0) is 16.2. The molecule has 2 aliphatic rings. The number of benzene rings is 1. The van der Waals surface area contributed by atoms with Crippen molar-refractivity contribution in [1.82, 2.24) is 5.32 Å². The second kappa shape index (κ2) is 7.02. The lowest BCUT2D eigenvalue weighted by atomic mass is 9.96. The lowest BCUT2D eigenvalue weighted by Gasteiger charge is -2.23. The molecule has 1 saturated carbocycles. The number of amides is 3. The van der Waals surface area contributed by atoms with Gasteiger partial charge in [0.2, 0.25) is 5.91 Å². The van der Waals surface area contributed by atoms with Crippen molar-refractivity contribution in [2.75, 3.05) is 16.8 Å². The number of anilines is 2. The zero-order valence-corrected chi connectivity index (χ0v) is 13.7. The number of carbonyl (C=O) groups excluding carboxylic acids is 2. The van der Waals surface area contributed by atoms with E-state index in [4.69, 9.17) is 0 Å². The summed E-state index contributed by atoms with van der Waals surface area (Å²) in [6.07, 6.45) is 7.29. The van der Waals surface area contributed by atoms with Crippen LogP contribution in [0, 0.1) is 6.92 Å². The molecule has 0 spiro atoms. The number of rotatable bonds is 3. The van der Waals surface area contributed by atoms with Crippen molar-refractivity contribution in [2.45, 2.75) is 57.9 Å². The van der Waals surface area contributed by atoms with Crippen LogP contribution in [0.2, 0.25) is 0 Å². The number of hydrogen-bond acceptors (Lipinski definition) is 2. The topological polar surface area (TPSA) is 61.4 Å². The molecule has 3 amide bonds. The van der Waals surface area contributed by atoms with E-state index in [1.54, 1.807) is 0 Å². The van der Waals surface area contributed by atoms with Crippen molar-refractivity contribution in [1.29, 1.82) is 0 Å². The molecule has 0 bridgehead atoms. The molecule has 0 radical (unpaired) electrons. The van der Waals surface area contributed by atoms with Crippen molar-refractivity contribution in [3.05, 3.63) is 23.8 Å². The van der Waals surface area contributed by atoms with E-state index >= 15 is 0 Å². The van der Waals surface area contributed by atoms with E-state index < -0.39 is 0 Å². The highest BCUT2D eigenvalue weighted by atomic mass is 16.2. The number of nitrogens with one attached hydrogen (secondary N) is 2. The van der Waals surface area contributed by atoms with Crippen LogP contribution in [-0.2, 0) is 4.79 Å². The number of hydrogen-bond donors (Lipinski definition) is 2. The van der Waals surface area contributed by atoms with E-state index in [2.05, 4.69) is 10.6 Å². The number of urea groups is 1. The van der Waals surface area contributed by atoms with E-state index in [0.717, 1.165) is 42.7 Å². The van der Waals surface area contributed by atoms with Crippen LogP contribution in [0.4, 0.5) is 16.2 Å². The molecule has 0 aromatic heterocycles. The molecule has 1 aliphatic heterocycles. The highest BCUT2D eigenvalue weighted by molar-refractivity contribution is 5.97. The van der Waals surface area contributed by atoms with Crippen LogP contribution in [0.15, 0.2) is 18.2 Å². The summed E-state index contributed by atoms with van der Waals surface area (Å²) in [5.41, 5.74) is 2.69. The Labute approximate surface area is 137 Å². The fourth-order valence-electron chi connectivity index (χ4n) is 3.48. The Balaban J connectivity index is 1.65. The Morgan fingerprint density at radius 2 is 1.96 bits per heavy atom. The molecule has 1 aromatic carbocycles. The fourth-order valence-corrected chi connectivity index (χ4v) is 3.48. The standard InChI is InChI=1S/C18H25N3O2/c1-13-9-10-15(12-16(13)21-11-5-8-17(21)22)20-18(23)19-14-6-3-2-4-7-14/h9-10,12,14H,2-8,11H2,1H3,(H2,19,20,23). The molecule has 124 valence electrons. The SMILES string of the molecule is Cc1ccc(NC(=O)NC2CCCCC2)cc1N1CCCC1=O. The molecule has 2 N–H and O–H groups in total. The molecule has 23 heavy (non-hydrogen) atoms. The molecule has 3 rings (SSSR count). The van der Waals surface area contributed by atoms with Crippen LogP contribution < -0.4 is 15.5 Å². The molecule has 0 atom stereocenters. The fraction of sp³-hybridized carbons (Fsp3) is 0.556. The molecule has 5 heteroatoms. The largest absolute Gasteiger partial charge is 0.335 e. The van der Waals surface area contributed by atoms with Gasteiger partial charge in [0.15, 0.2) is 0 Å². The molecule has 1 heterocycles. The van der Waals surface area contributed by atoms with E-state index in [-0.39, 0.29) is 18.0 Å². The van der Waals surface area contributed by atoms with Gasteiger partial charge in [-0.2, -0.15) is 0 Å². The van der Waals surface area contributed by atoms with Gasteiger partial charge in [-0.3, -0.25) is 4.79 Å². The molecule has 1 aromatic rings. The van der Waals surface area contributed by atoms with Crippen molar-refractivity contribution in [2.24, 2.45) is 0 Å². The molecular weight excluding hydrogens is 290 g/mol. The van der Waals surface area contributed by atoms with Crippen molar-refractivity contribution < 1.29 is 9.59 Å². The van der Waals surface area contributed by atoms with Gasteiger partial charge in [0.1, 0.15) is 0 Å². The van der Waals surface area contributed by atoms with Crippen LogP contribution >= 0.6 is 0 Å². The molecular formula is C18H25N3O2. The zero-order valence-electron chi connectivity index (χ0n) is 13.7. The summed E-state index contributed by atoms with van der Waals surface area (Å²) in [7, 11) is 0. The summed E-state index contributed by atoms with van der Waals surface area (Å²) in [5, 5.41) is 5.96. The van der Waals surface area contributed by atoms with Crippen LogP contribution in [0.25, 0.3) is 0 Å². The van der Waals surface area contributed by atoms with Crippen LogP contribution in [0.5, 0.6) is 0 Å². The van der Waals surface area contributed by atoms with Gasteiger partial charge in [-0.1, -0.05) is 25.3 Å². The summed E-state index contributed by atoms with van der Waals surface area (Å²) in [4.78, 5) is 25.9. The highest BCUT2D eigenvalue weighted by Gasteiger charge is 2.23. The van der Waals surface area contributed by atoms with Gasteiger partial charge in [-0.15, -0.1) is 0 Å². The molecule has 0 unspecified atom stereocenters. The van der Waals surface area contributed by atoms with E-state index in [1.165, 1.54) is 19.3 Å². The minimum Gasteiger partial charge on any atom is -0.335 e. The summed E-state index contributed by atoms with van der Waals surface area (Å²) < 4.78 is 0. The maximum absolute atomic E-state index is 12.2. The average Bonchev–Trinajstić information content (AvgIpc) is 2.96. The summed E-state index contributed by atoms with van der Waals surface area (Å²) in [5.74, 6) is 0.164. The molecule has 1 saturated heterocycles. The first-order valence-corrected chi connectivity index (χ1v) is 8.62. The molecule has 5 nitrogen and oxygen atoms in total. The van der Waals surface area contributed by atoms with Crippen LogP contribution in [0.3, 0.4) is 0 Å². The van der Waals surface area contributed by atoms with Gasteiger partial charge >= 0.3 is 6.03 Å². The van der Waals surface area contributed by atoms with Gasteiger partial charge in [0, 0.05) is 30.4 Å². The normalized spacial score (nSPS) is 19.0. The first-order valence-electron chi connectivity index (χ1n) is 8.62. The van der Waals surface area contributed by atoms with Crippen molar-refractivity contribution in [3.63, 3.8) is 0 Å². The second-order valence-electron chi connectivity index (χ2n) is 6.58. The van der Waals surface area contributed by atoms with Gasteiger partial charge in [0.05, 0.1) is 0 Å². The molecule has 1 aliphatic carbocycles. The third-order valence-corrected chi connectivity index (χ3v) is 4.77. The molecule has 2 fully saturated rings. The Kier molecular flexibility index (Phi) is 4.84. The second-order valence-corrected chi connectivity index (χ2v) is 6.58. The van der Waals surface area contributed by atoms with Gasteiger partial charge in [0.25, 0.3) is 0 Å². The predicted molar refractivity (Wildman–Crippen MR) is 91.8 cm³/mol. The Morgan fingerprint density at radius 1 is 1.17 bits per heavy atom. The maximum Gasteiger partial charge on any atom is 0.319 e. The highest BCUT2D eigenvalue weighted by Crippen LogP contribution is 2.28. The third-order valence-electron chi connectivity index (χ3n) is 4.77. The van der Waals surface area contributed by atoms with Crippen LogP contribution in [-0.4, -0.2) is 24.5 Å². The minimum atomic E-state index is -0.153. The average molecular weight is 315 g/mol. The predicted octanol–water partition coefficient (Wildman–Crippen LogP) is 3.58. The smallest absolute Gasteiger partial charge is 0.319 e. The minimum absolute atomic E-state index is 0.153. The van der Waals surface area contributed by atoms with Gasteiger partial charge in [-0.05, 0) is 43.9 Å².